The lowest BCUT2D eigenvalue weighted by Gasteiger charge is -2.14. The highest BCUT2D eigenvalue weighted by molar-refractivity contribution is 9.09. The van der Waals surface area contributed by atoms with Crippen LogP contribution in [0.2, 0.25) is 0 Å². The van der Waals surface area contributed by atoms with E-state index in [1.807, 2.05) is 6.92 Å². The van der Waals surface area contributed by atoms with Crippen LogP contribution in [0.3, 0.4) is 0 Å². The molecule has 0 aliphatic carbocycles. The fraction of sp³-hybridized carbons (Fsp3) is 0.417. The zero-order valence-corrected chi connectivity index (χ0v) is 12.2. The molecule has 0 radical (unpaired) electrons. The van der Waals surface area contributed by atoms with Crippen molar-refractivity contribution in [3.05, 3.63) is 29.3 Å². The summed E-state index contributed by atoms with van der Waals surface area (Å²) < 4.78 is 36.9. The van der Waals surface area contributed by atoms with E-state index in [1.165, 1.54) is 19.1 Å². The lowest BCUT2D eigenvalue weighted by Crippen LogP contribution is -2.06. The van der Waals surface area contributed by atoms with Gasteiger partial charge in [0, 0.05) is 4.90 Å². The molecule has 0 aliphatic rings. The Kier molecular flexibility index (Phi) is 5.28. The Hall–Kier alpha value is -0.490. The third-order valence-electron chi connectivity index (χ3n) is 2.36. The van der Waals surface area contributed by atoms with E-state index in [1.54, 1.807) is 6.07 Å². The van der Waals surface area contributed by atoms with Crippen molar-refractivity contribution in [2.75, 3.05) is 0 Å². The van der Waals surface area contributed by atoms with Gasteiger partial charge in [-0.3, -0.25) is 4.79 Å². The number of carbonyl (C=O) groups excluding carboxylic acids is 1. The second-order valence-corrected chi connectivity index (χ2v) is 5.79. The number of hydrogen-bond acceptors (Lipinski definition) is 2. The van der Waals surface area contributed by atoms with Gasteiger partial charge in [0.1, 0.15) is 5.78 Å². The largest absolute Gasteiger partial charge is 0.446 e. The predicted octanol–water partition coefficient (Wildman–Crippen LogP) is 4.89. The van der Waals surface area contributed by atoms with E-state index in [9.17, 15) is 18.0 Å². The zero-order valence-electron chi connectivity index (χ0n) is 9.84. The summed E-state index contributed by atoms with van der Waals surface area (Å²) in [4.78, 5) is 10.9. The minimum Gasteiger partial charge on any atom is -0.298 e. The van der Waals surface area contributed by atoms with Crippen LogP contribution in [0.15, 0.2) is 23.1 Å². The predicted molar refractivity (Wildman–Crippen MR) is 70.1 cm³/mol. The minimum atomic E-state index is -4.32. The number of halogens is 4. The molecule has 1 nitrogen and oxygen atoms in total. The molecule has 0 amide bonds. The molecule has 0 fully saturated rings. The Morgan fingerprint density at radius 3 is 2.50 bits per heavy atom. The number of benzene rings is 1. The Bertz CT molecular complexity index is 445. The van der Waals surface area contributed by atoms with Crippen molar-refractivity contribution in [3.63, 3.8) is 0 Å². The van der Waals surface area contributed by atoms with Crippen LogP contribution in [-0.4, -0.2) is 11.3 Å². The molecule has 0 aliphatic heterocycles. The molecule has 0 spiro atoms. The first-order valence-electron chi connectivity index (χ1n) is 5.27. The summed E-state index contributed by atoms with van der Waals surface area (Å²) in [6.07, 6.45) is 0.668. The zero-order chi connectivity index (χ0) is 13.9. The van der Waals surface area contributed by atoms with Crippen molar-refractivity contribution in [1.29, 1.82) is 0 Å². The van der Waals surface area contributed by atoms with E-state index in [2.05, 4.69) is 15.9 Å². The van der Waals surface area contributed by atoms with E-state index in [0.717, 1.165) is 5.56 Å². The topological polar surface area (TPSA) is 17.1 Å². The third kappa shape index (κ3) is 4.31. The normalized spacial score (nSPS) is 13.4. The highest BCUT2D eigenvalue weighted by Crippen LogP contribution is 2.39. The highest BCUT2D eigenvalue weighted by Gasteiger charge is 2.29. The molecule has 1 unspecified atom stereocenters. The second kappa shape index (κ2) is 6.10. The van der Waals surface area contributed by atoms with Crippen LogP contribution in [0.5, 0.6) is 0 Å². The van der Waals surface area contributed by atoms with Crippen molar-refractivity contribution in [2.45, 2.75) is 35.5 Å². The van der Waals surface area contributed by atoms with Crippen molar-refractivity contribution in [2.24, 2.45) is 0 Å². The molecular weight excluding hydrogens is 329 g/mol. The standard InChI is InChI=1S/C12H12BrF3OS/c1-3-8-4-5-9(18-12(14,15)16)6-10(8)11(13)7(2)17/h4-6,11H,3H2,1-2H3. The van der Waals surface area contributed by atoms with Crippen molar-refractivity contribution in [1.82, 2.24) is 0 Å². The van der Waals surface area contributed by atoms with Crippen LogP contribution in [0.1, 0.15) is 29.8 Å². The maximum absolute atomic E-state index is 12.3. The maximum atomic E-state index is 12.3. The van der Waals surface area contributed by atoms with Crippen LogP contribution < -0.4 is 0 Å². The van der Waals surface area contributed by atoms with Crippen LogP contribution in [0.25, 0.3) is 0 Å². The van der Waals surface area contributed by atoms with Gasteiger partial charge >= 0.3 is 5.51 Å². The van der Waals surface area contributed by atoms with Gasteiger partial charge in [-0.25, -0.2) is 0 Å². The lowest BCUT2D eigenvalue weighted by atomic mass is 10.0. The van der Waals surface area contributed by atoms with Gasteiger partial charge < -0.3 is 0 Å². The molecule has 0 saturated carbocycles. The summed E-state index contributed by atoms with van der Waals surface area (Å²) in [5.41, 5.74) is -2.83. The molecule has 0 bridgehead atoms. The average Bonchev–Trinajstić information content (AvgIpc) is 2.25. The second-order valence-electron chi connectivity index (χ2n) is 3.74. The molecule has 6 heteroatoms. The fourth-order valence-corrected chi connectivity index (χ4v) is 2.56. The minimum absolute atomic E-state index is 0.0976. The molecule has 100 valence electrons. The molecule has 0 heterocycles. The van der Waals surface area contributed by atoms with Crippen LogP contribution in [0.4, 0.5) is 13.2 Å². The van der Waals surface area contributed by atoms with Gasteiger partial charge in [-0.1, -0.05) is 28.9 Å². The summed E-state index contributed by atoms with van der Waals surface area (Å²) in [6.45, 7) is 3.30. The number of rotatable bonds is 4. The number of ketones is 1. The van der Waals surface area contributed by atoms with Gasteiger partial charge in [0.15, 0.2) is 0 Å². The Morgan fingerprint density at radius 2 is 2.06 bits per heavy atom. The molecule has 18 heavy (non-hydrogen) atoms. The molecule has 1 atom stereocenters. The van der Waals surface area contributed by atoms with Crippen LogP contribution >= 0.6 is 27.7 Å². The molecule has 0 N–H and O–H groups in total. The summed E-state index contributed by atoms with van der Waals surface area (Å²) in [5.74, 6) is -0.126. The number of thioether (sulfide) groups is 1. The van der Waals surface area contributed by atoms with Gasteiger partial charge in [-0.05, 0) is 48.4 Å². The van der Waals surface area contributed by atoms with Gasteiger partial charge in [-0.15, -0.1) is 0 Å². The molecule has 0 aromatic heterocycles. The Morgan fingerprint density at radius 1 is 1.44 bits per heavy atom. The third-order valence-corrected chi connectivity index (χ3v) is 4.22. The summed E-state index contributed by atoms with van der Waals surface area (Å²) in [7, 11) is 0. The Balaban J connectivity index is 3.13. The molecule has 0 saturated heterocycles. The van der Waals surface area contributed by atoms with Gasteiger partial charge in [-0.2, -0.15) is 13.2 Å². The van der Waals surface area contributed by atoms with E-state index < -0.39 is 10.3 Å². The molecular formula is C12H12BrF3OS. The van der Waals surface area contributed by atoms with E-state index in [-0.39, 0.29) is 22.4 Å². The molecule has 1 aromatic rings. The SMILES string of the molecule is CCc1ccc(SC(F)(F)F)cc1C(Br)C(C)=O. The molecule has 1 rings (SSSR count). The van der Waals surface area contributed by atoms with Gasteiger partial charge in [0.2, 0.25) is 0 Å². The van der Waals surface area contributed by atoms with Crippen LogP contribution in [-0.2, 0) is 11.2 Å². The highest BCUT2D eigenvalue weighted by atomic mass is 79.9. The van der Waals surface area contributed by atoms with Gasteiger partial charge in [0.05, 0.1) is 4.83 Å². The smallest absolute Gasteiger partial charge is 0.298 e. The van der Waals surface area contributed by atoms with E-state index in [4.69, 9.17) is 0 Å². The number of carbonyl (C=O) groups is 1. The summed E-state index contributed by atoms with van der Waals surface area (Å²) in [6, 6.07) is 4.50. The van der Waals surface area contributed by atoms with Gasteiger partial charge in [0.25, 0.3) is 0 Å². The fourth-order valence-electron chi connectivity index (χ4n) is 1.55. The Labute approximate surface area is 116 Å². The molecule has 1 aromatic carbocycles. The van der Waals surface area contributed by atoms with E-state index in [0.29, 0.717) is 12.0 Å². The summed E-state index contributed by atoms with van der Waals surface area (Å²) >= 11 is 3.05. The first-order valence-corrected chi connectivity index (χ1v) is 7.01. The maximum Gasteiger partial charge on any atom is 0.446 e. The quantitative estimate of drug-likeness (QED) is 0.573. The monoisotopic (exact) mass is 340 g/mol. The number of alkyl halides is 4. The van der Waals surface area contributed by atoms with Crippen molar-refractivity contribution < 1.29 is 18.0 Å². The van der Waals surface area contributed by atoms with E-state index >= 15 is 0 Å². The number of Topliss-reactive ketones (excluding diaryl/α,β-unsaturated/α-hetero) is 1. The number of hydrogen-bond donors (Lipinski definition) is 0. The number of aryl methyl sites for hydroxylation is 1. The van der Waals surface area contributed by atoms with Crippen LogP contribution in [0, 0.1) is 0 Å². The first kappa shape index (κ1) is 15.6. The summed E-state index contributed by atoms with van der Waals surface area (Å²) in [5, 5.41) is 0. The van der Waals surface area contributed by atoms with Crippen molar-refractivity contribution >= 4 is 33.5 Å². The van der Waals surface area contributed by atoms with Crippen molar-refractivity contribution in [3.8, 4) is 0 Å². The average molecular weight is 341 g/mol. The lowest BCUT2D eigenvalue weighted by molar-refractivity contribution is -0.116. The first-order chi connectivity index (χ1) is 8.24.